The summed E-state index contributed by atoms with van der Waals surface area (Å²) in [4.78, 5) is 8.54. The number of anilines is 1. The zero-order valence-corrected chi connectivity index (χ0v) is 10.3. The summed E-state index contributed by atoms with van der Waals surface area (Å²) in [5.41, 5.74) is 0.995. The van der Waals surface area contributed by atoms with Gasteiger partial charge in [-0.1, -0.05) is 6.92 Å². The van der Waals surface area contributed by atoms with E-state index in [1.807, 2.05) is 19.9 Å². The molecule has 0 amide bonds. The Labute approximate surface area is 96.3 Å². The van der Waals surface area contributed by atoms with Crippen LogP contribution in [0, 0.1) is 19.8 Å². The molecule has 0 radical (unpaired) electrons. The Bertz CT molecular complexity index is 294. The van der Waals surface area contributed by atoms with Gasteiger partial charge in [0.25, 0.3) is 0 Å². The molecular formula is C11H18ClN3. The Morgan fingerprint density at radius 2 is 2.13 bits per heavy atom. The topological polar surface area (TPSA) is 37.8 Å². The van der Waals surface area contributed by atoms with E-state index < -0.39 is 0 Å². The first-order chi connectivity index (χ1) is 7.11. The molecule has 0 aromatic carbocycles. The number of aryl methyl sites for hydroxylation is 2. The first kappa shape index (κ1) is 12.2. The first-order valence-corrected chi connectivity index (χ1v) is 5.77. The quantitative estimate of drug-likeness (QED) is 0.787. The number of aromatic nitrogens is 2. The highest BCUT2D eigenvalue weighted by Gasteiger charge is 2.02. The van der Waals surface area contributed by atoms with Gasteiger partial charge in [-0.15, -0.1) is 11.6 Å². The predicted octanol–water partition coefficient (Wildman–Crippen LogP) is 2.77. The zero-order valence-electron chi connectivity index (χ0n) is 9.55. The van der Waals surface area contributed by atoms with E-state index >= 15 is 0 Å². The monoisotopic (exact) mass is 227 g/mol. The average molecular weight is 228 g/mol. The highest BCUT2D eigenvalue weighted by atomic mass is 35.5. The fraction of sp³-hybridized carbons (Fsp3) is 0.636. The number of rotatable bonds is 5. The van der Waals surface area contributed by atoms with Crippen LogP contribution in [0.1, 0.15) is 24.9 Å². The normalized spacial score (nSPS) is 12.5. The van der Waals surface area contributed by atoms with Crippen molar-refractivity contribution in [1.82, 2.24) is 9.97 Å². The number of halogens is 1. The Balaban J connectivity index is 2.50. The molecule has 0 aliphatic heterocycles. The molecule has 1 rings (SSSR count). The Hall–Kier alpha value is -0.830. The van der Waals surface area contributed by atoms with Crippen LogP contribution in [0.4, 0.5) is 5.82 Å². The van der Waals surface area contributed by atoms with Crippen LogP contribution in [0.3, 0.4) is 0 Å². The van der Waals surface area contributed by atoms with Crippen molar-refractivity contribution in [3.8, 4) is 0 Å². The summed E-state index contributed by atoms with van der Waals surface area (Å²) in [6.07, 6.45) is 1.03. The summed E-state index contributed by atoms with van der Waals surface area (Å²) in [5.74, 6) is 2.99. The molecule has 0 aliphatic carbocycles. The first-order valence-electron chi connectivity index (χ1n) is 5.24. The third-order valence-electron chi connectivity index (χ3n) is 2.20. The molecule has 0 aliphatic rings. The van der Waals surface area contributed by atoms with E-state index in [4.69, 9.17) is 11.6 Å². The molecule has 1 aromatic rings. The van der Waals surface area contributed by atoms with Gasteiger partial charge in [-0.2, -0.15) is 0 Å². The molecule has 1 N–H and O–H groups in total. The second kappa shape index (κ2) is 5.91. The van der Waals surface area contributed by atoms with Gasteiger partial charge in [-0.3, -0.25) is 0 Å². The maximum absolute atomic E-state index is 5.68. The number of hydrogen-bond acceptors (Lipinski definition) is 3. The lowest BCUT2D eigenvalue weighted by molar-refractivity contribution is 0.595. The van der Waals surface area contributed by atoms with Crippen molar-refractivity contribution in [3.05, 3.63) is 17.6 Å². The highest BCUT2D eigenvalue weighted by Crippen LogP contribution is 2.08. The molecule has 4 heteroatoms. The van der Waals surface area contributed by atoms with Crippen molar-refractivity contribution in [1.29, 1.82) is 0 Å². The van der Waals surface area contributed by atoms with Crippen LogP contribution in [0.2, 0.25) is 0 Å². The van der Waals surface area contributed by atoms with Crippen LogP contribution in [0.25, 0.3) is 0 Å². The number of alkyl halides is 1. The number of hydrogen-bond donors (Lipinski definition) is 1. The predicted molar refractivity (Wildman–Crippen MR) is 64.5 cm³/mol. The lowest BCUT2D eigenvalue weighted by atomic mass is 10.1. The second-order valence-corrected chi connectivity index (χ2v) is 4.28. The van der Waals surface area contributed by atoms with Gasteiger partial charge in [0.05, 0.1) is 0 Å². The van der Waals surface area contributed by atoms with Crippen molar-refractivity contribution in [2.24, 2.45) is 5.92 Å². The van der Waals surface area contributed by atoms with E-state index in [1.54, 1.807) is 0 Å². The van der Waals surface area contributed by atoms with E-state index in [-0.39, 0.29) is 0 Å². The molecular weight excluding hydrogens is 210 g/mol. The van der Waals surface area contributed by atoms with Crippen LogP contribution in [0.15, 0.2) is 6.07 Å². The maximum atomic E-state index is 5.68. The van der Waals surface area contributed by atoms with Gasteiger partial charge >= 0.3 is 0 Å². The molecule has 0 bridgehead atoms. The molecule has 0 fully saturated rings. The number of nitrogens with one attached hydrogen (secondary N) is 1. The largest absolute Gasteiger partial charge is 0.370 e. The fourth-order valence-electron chi connectivity index (χ4n) is 1.37. The summed E-state index contributed by atoms with van der Waals surface area (Å²) < 4.78 is 0. The SMILES string of the molecule is Cc1cc(NCC(C)CCCl)nc(C)n1. The Kier molecular flexibility index (Phi) is 4.82. The van der Waals surface area contributed by atoms with Crippen LogP contribution in [-0.4, -0.2) is 22.4 Å². The third-order valence-corrected chi connectivity index (χ3v) is 2.42. The average Bonchev–Trinajstić information content (AvgIpc) is 2.14. The molecule has 1 aromatic heterocycles. The summed E-state index contributed by atoms with van der Waals surface area (Å²) in [6.45, 7) is 6.96. The fourth-order valence-corrected chi connectivity index (χ4v) is 1.75. The number of nitrogens with zero attached hydrogens (tertiary/aromatic N) is 2. The van der Waals surface area contributed by atoms with E-state index in [2.05, 4.69) is 22.2 Å². The van der Waals surface area contributed by atoms with Crippen LogP contribution < -0.4 is 5.32 Å². The molecule has 1 heterocycles. The lowest BCUT2D eigenvalue weighted by Crippen LogP contribution is -2.13. The molecule has 84 valence electrons. The molecule has 3 nitrogen and oxygen atoms in total. The second-order valence-electron chi connectivity index (χ2n) is 3.91. The molecule has 1 unspecified atom stereocenters. The summed E-state index contributed by atoms with van der Waals surface area (Å²) in [5, 5.41) is 3.30. The van der Waals surface area contributed by atoms with E-state index in [9.17, 15) is 0 Å². The minimum Gasteiger partial charge on any atom is -0.370 e. The maximum Gasteiger partial charge on any atom is 0.129 e. The van der Waals surface area contributed by atoms with E-state index in [0.29, 0.717) is 11.8 Å². The standard InChI is InChI=1S/C11H18ClN3/c1-8(4-5-12)7-13-11-6-9(2)14-10(3)15-11/h6,8H,4-5,7H2,1-3H3,(H,13,14,15). The van der Waals surface area contributed by atoms with Crippen LogP contribution in [-0.2, 0) is 0 Å². The van der Waals surface area contributed by atoms with Crippen molar-refractivity contribution in [2.75, 3.05) is 17.7 Å². The van der Waals surface area contributed by atoms with Crippen molar-refractivity contribution in [3.63, 3.8) is 0 Å². The summed E-state index contributed by atoms with van der Waals surface area (Å²) in [6, 6.07) is 1.96. The van der Waals surface area contributed by atoms with Crippen LogP contribution >= 0.6 is 11.6 Å². The van der Waals surface area contributed by atoms with Crippen molar-refractivity contribution in [2.45, 2.75) is 27.2 Å². The zero-order chi connectivity index (χ0) is 11.3. The Morgan fingerprint density at radius 1 is 1.40 bits per heavy atom. The van der Waals surface area contributed by atoms with Gasteiger partial charge in [0.2, 0.25) is 0 Å². The van der Waals surface area contributed by atoms with Gasteiger partial charge < -0.3 is 5.32 Å². The molecule has 15 heavy (non-hydrogen) atoms. The summed E-state index contributed by atoms with van der Waals surface area (Å²) >= 11 is 5.68. The highest BCUT2D eigenvalue weighted by molar-refractivity contribution is 6.17. The van der Waals surface area contributed by atoms with Crippen LogP contribution in [0.5, 0.6) is 0 Å². The molecule has 1 atom stereocenters. The Morgan fingerprint density at radius 3 is 2.73 bits per heavy atom. The summed E-state index contributed by atoms with van der Waals surface area (Å²) in [7, 11) is 0. The van der Waals surface area contributed by atoms with Gasteiger partial charge in [0, 0.05) is 24.2 Å². The smallest absolute Gasteiger partial charge is 0.129 e. The van der Waals surface area contributed by atoms with Gasteiger partial charge in [0.15, 0.2) is 0 Å². The van der Waals surface area contributed by atoms with E-state index in [0.717, 1.165) is 30.3 Å². The van der Waals surface area contributed by atoms with Crippen molar-refractivity contribution >= 4 is 17.4 Å². The van der Waals surface area contributed by atoms with E-state index in [1.165, 1.54) is 0 Å². The molecule has 0 saturated carbocycles. The third kappa shape index (κ3) is 4.47. The molecule has 0 saturated heterocycles. The molecule has 0 spiro atoms. The lowest BCUT2D eigenvalue weighted by Gasteiger charge is -2.12. The minimum absolute atomic E-state index is 0.568. The minimum atomic E-state index is 0.568. The van der Waals surface area contributed by atoms with Gasteiger partial charge in [0.1, 0.15) is 11.6 Å². The van der Waals surface area contributed by atoms with Gasteiger partial charge in [-0.25, -0.2) is 9.97 Å². The van der Waals surface area contributed by atoms with Crippen molar-refractivity contribution < 1.29 is 0 Å². The van der Waals surface area contributed by atoms with Gasteiger partial charge in [-0.05, 0) is 26.2 Å².